The summed E-state index contributed by atoms with van der Waals surface area (Å²) in [4.78, 5) is 36.2. The quantitative estimate of drug-likeness (QED) is 0.221. The van der Waals surface area contributed by atoms with Crippen molar-refractivity contribution in [3.63, 3.8) is 0 Å². The molecule has 192 valence electrons. The average molecular weight is 505 g/mol. The Morgan fingerprint density at radius 2 is 1.68 bits per heavy atom. The Hall–Kier alpha value is -4.86. The fourth-order valence-electron chi connectivity index (χ4n) is 3.17. The fraction of sp³-hybridized carbons (Fsp3) is 0.185. The van der Waals surface area contributed by atoms with Gasteiger partial charge in [-0.1, -0.05) is 24.3 Å². The molecular formula is C27H28N4O6. The van der Waals surface area contributed by atoms with E-state index in [1.54, 1.807) is 55.6 Å². The van der Waals surface area contributed by atoms with E-state index in [2.05, 4.69) is 21.2 Å². The van der Waals surface area contributed by atoms with Gasteiger partial charge in [-0.25, -0.2) is 5.43 Å². The number of methoxy groups -OCH3 is 2. The Bertz CT molecular complexity index is 1270. The van der Waals surface area contributed by atoms with Gasteiger partial charge in [0.1, 0.15) is 5.75 Å². The lowest BCUT2D eigenvalue weighted by Gasteiger charge is -2.11. The highest BCUT2D eigenvalue weighted by Crippen LogP contribution is 2.27. The molecule has 0 saturated heterocycles. The SMILES string of the molecule is COc1ccc(CNC(=O)C(=O)N/N=C\c2ccc(OCC(=O)Nc3cccc(C)c3)c(OC)c2)cc1. The molecule has 0 bridgehead atoms. The lowest BCUT2D eigenvalue weighted by molar-refractivity contribution is -0.139. The van der Waals surface area contributed by atoms with Crippen LogP contribution in [0.15, 0.2) is 71.8 Å². The summed E-state index contributed by atoms with van der Waals surface area (Å²) in [5.41, 5.74) is 5.28. The molecule has 3 aromatic rings. The van der Waals surface area contributed by atoms with Gasteiger partial charge in [-0.2, -0.15) is 5.10 Å². The Morgan fingerprint density at radius 1 is 0.892 bits per heavy atom. The molecule has 0 unspecified atom stereocenters. The number of hydrazone groups is 1. The Labute approximate surface area is 214 Å². The smallest absolute Gasteiger partial charge is 0.329 e. The zero-order chi connectivity index (χ0) is 26.6. The molecule has 0 heterocycles. The highest BCUT2D eigenvalue weighted by atomic mass is 16.5. The minimum absolute atomic E-state index is 0.182. The summed E-state index contributed by atoms with van der Waals surface area (Å²) in [6.45, 7) is 1.91. The number of rotatable bonds is 10. The number of ether oxygens (including phenoxy) is 3. The van der Waals surface area contributed by atoms with Crippen LogP contribution < -0.4 is 30.3 Å². The van der Waals surface area contributed by atoms with Crippen molar-refractivity contribution >= 4 is 29.6 Å². The first-order valence-electron chi connectivity index (χ1n) is 11.3. The molecule has 0 aliphatic heterocycles. The molecule has 10 heteroatoms. The number of nitrogens with zero attached hydrogens (tertiary/aromatic N) is 1. The van der Waals surface area contributed by atoms with Gasteiger partial charge < -0.3 is 24.8 Å². The summed E-state index contributed by atoms with van der Waals surface area (Å²) in [5.74, 6) is -0.611. The number of carbonyl (C=O) groups excluding carboxylic acids is 3. The van der Waals surface area contributed by atoms with Gasteiger partial charge in [0.2, 0.25) is 0 Å². The number of amides is 3. The second-order valence-corrected chi connectivity index (χ2v) is 7.85. The molecule has 0 radical (unpaired) electrons. The monoisotopic (exact) mass is 504 g/mol. The van der Waals surface area contributed by atoms with E-state index in [-0.39, 0.29) is 19.1 Å². The van der Waals surface area contributed by atoms with Crippen LogP contribution in [0, 0.1) is 6.92 Å². The maximum atomic E-state index is 12.2. The molecule has 0 atom stereocenters. The van der Waals surface area contributed by atoms with E-state index in [1.165, 1.54) is 13.3 Å². The Morgan fingerprint density at radius 3 is 2.38 bits per heavy atom. The number of aryl methyl sites for hydroxylation is 1. The van der Waals surface area contributed by atoms with Crippen LogP contribution in [-0.4, -0.2) is 44.8 Å². The van der Waals surface area contributed by atoms with Crippen molar-refractivity contribution in [3.05, 3.63) is 83.4 Å². The van der Waals surface area contributed by atoms with E-state index in [0.717, 1.165) is 11.1 Å². The topological polar surface area (TPSA) is 127 Å². The fourth-order valence-corrected chi connectivity index (χ4v) is 3.17. The van der Waals surface area contributed by atoms with E-state index in [1.807, 2.05) is 25.1 Å². The van der Waals surface area contributed by atoms with Crippen molar-refractivity contribution in [2.45, 2.75) is 13.5 Å². The third kappa shape index (κ3) is 8.39. The van der Waals surface area contributed by atoms with E-state index in [0.29, 0.717) is 28.5 Å². The van der Waals surface area contributed by atoms with Gasteiger partial charge in [-0.15, -0.1) is 0 Å². The van der Waals surface area contributed by atoms with Gasteiger partial charge in [-0.3, -0.25) is 14.4 Å². The molecule has 0 spiro atoms. The van der Waals surface area contributed by atoms with Gasteiger partial charge >= 0.3 is 11.8 Å². The molecule has 0 saturated carbocycles. The first-order valence-corrected chi connectivity index (χ1v) is 11.3. The normalized spacial score (nSPS) is 10.5. The first kappa shape index (κ1) is 26.7. The molecule has 0 aromatic heterocycles. The Balaban J connectivity index is 1.48. The van der Waals surface area contributed by atoms with Gasteiger partial charge in [0, 0.05) is 12.2 Å². The van der Waals surface area contributed by atoms with Crippen LogP contribution in [-0.2, 0) is 20.9 Å². The zero-order valence-electron chi connectivity index (χ0n) is 20.7. The van der Waals surface area contributed by atoms with Crippen LogP contribution in [0.4, 0.5) is 5.69 Å². The summed E-state index contributed by atoms with van der Waals surface area (Å²) >= 11 is 0. The average Bonchev–Trinajstić information content (AvgIpc) is 2.91. The summed E-state index contributed by atoms with van der Waals surface area (Å²) in [6.07, 6.45) is 1.35. The number of hydrogen-bond acceptors (Lipinski definition) is 7. The lowest BCUT2D eigenvalue weighted by Crippen LogP contribution is -2.37. The summed E-state index contributed by atoms with van der Waals surface area (Å²) in [6, 6.07) is 19.4. The number of hydrogen-bond donors (Lipinski definition) is 3. The molecule has 3 rings (SSSR count). The van der Waals surface area contributed by atoms with Crippen LogP contribution >= 0.6 is 0 Å². The van der Waals surface area contributed by atoms with Crippen molar-refractivity contribution in [1.29, 1.82) is 0 Å². The largest absolute Gasteiger partial charge is 0.497 e. The van der Waals surface area contributed by atoms with E-state index in [9.17, 15) is 14.4 Å². The summed E-state index contributed by atoms with van der Waals surface area (Å²) in [7, 11) is 3.03. The molecule has 37 heavy (non-hydrogen) atoms. The van der Waals surface area contributed by atoms with Crippen LogP contribution in [0.1, 0.15) is 16.7 Å². The van der Waals surface area contributed by atoms with Crippen molar-refractivity contribution in [1.82, 2.24) is 10.7 Å². The molecule has 3 amide bonds. The van der Waals surface area contributed by atoms with Crippen molar-refractivity contribution in [2.24, 2.45) is 5.10 Å². The minimum Gasteiger partial charge on any atom is -0.497 e. The van der Waals surface area contributed by atoms with Gasteiger partial charge in [0.25, 0.3) is 5.91 Å². The van der Waals surface area contributed by atoms with Gasteiger partial charge in [-0.05, 0) is 66.1 Å². The zero-order valence-corrected chi connectivity index (χ0v) is 20.7. The second kappa shape index (κ2) is 13.3. The molecule has 3 N–H and O–H groups in total. The first-order chi connectivity index (χ1) is 17.9. The predicted octanol–water partition coefficient (Wildman–Crippen LogP) is 2.80. The van der Waals surface area contributed by atoms with Gasteiger partial charge in [0.15, 0.2) is 18.1 Å². The number of anilines is 1. The van der Waals surface area contributed by atoms with E-state index < -0.39 is 11.8 Å². The van der Waals surface area contributed by atoms with E-state index >= 15 is 0 Å². The molecule has 0 aliphatic carbocycles. The predicted molar refractivity (Wildman–Crippen MR) is 139 cm³/mol. The van der Waals surface area contributed by atoms with Crippen LogP contribution in [0.3, 0.4) is 0 Å². The third-order valence-corrected chi connectivity index (χ3v) is 5.05. The molecule has 10 nitrogen and oxygen atoms in total. The lowest BCUT2D eigenvalue weighted by atomic mass is 10.2. The molecule has 0 fully saturated rings. The maximum Gasteiger partial charge on any atom is 0.329 e. The summed E-state index contributed by atoms with van der Waals surface area (Å²) in [5, 5.41) is 9.10. The minimum atomic E-state index is -0.906. The van der Waals surface area contributed by atoms with Crippen molar-refractivity contribution in [2.75, 3.05) is 26.1 Å². The summed E-state index contributed by atoms with van der Waals surface area (Å²) < 4.78 is 16.0. The molecule has 0 aliphatic rings. The van der Waals surface area contributed by atoms with Gasteiger partial charge in [0.05, 0.1) is 20.4 Å². The van der Waals surface area contributed by atoms with Crippen LogP contribution in [0.2, 0.25) is 0 Å². The Kier molecular flexibility index (Phi) is 9.60. The highest BCUT2D eigenvalue weighted by Gasteiger charge is 2.12. The van der Waals surface area contributed by atoms with E-state index in [4.69, 9.17) is 14.2 Å². The molecular weight excluding hydrogens is 476 g/mol. The third-order valence-electron chi connectivity index (χ3n) is 5.05. The van der Waals surface area contributed by atoms with Crippen LogP contribution in [0.25, 0.3) is 0 Å². The molecule has 3 aromatic carbocycles. The number of benzene rings is 3. The number of nitrogens with one attached hydrogen (secondary N) is 3. The maximum absolute atomic E-state index is 12.2. The second-order valence-electron chi connectivity index (χ2n) is 7.85. The van der Waals surface area contributed by atoms with Crippen molar-refractivity contribution in [3.8, 4) is 17.2 Å². The standard InChI is InChI=1S/C27H28N4O6/c1-18-5-4-6-21(13-18)30-25(32)17-37-23-12-9-20(14-24(23)36-3)16-29-31-27(34)26(33)28-15-19-7-10-22(35-2)11-8-19/h4-14,16H,15,17H2,1-3H3,(H,28,33)(H,30,32)(H,31,34)/b29-16-. The highest BCUT2D eigenvalue weighted by molar-refractivity contribution is 6.35. The van der Waals surface area contributed by atoms with Crippen LogP contribution in [0.5, 0.6) is 17.2 Å². The van der Waals surface area contributed by atoms with Crippen molar-refractivity contribution < 1.29 is 28.6 Å². The number of carbonyl (C=O) groups is 3.